The lowest BCUT2D eigenvalue weighted by atomic mass is 10.2. The Morgan fingerprint density at radius 2 is 1.95 bits per heavy atom. The zero-order chi connectivity index (χ0) is 14.7. The van der Waals surface area contributed by atoms with E-state index in [1.54, 1.807) is 14.0 Å². The molecule has 1 unspecified atom stereocenters. The van der Waals surface area contributed by atoms with Crippen LogP contribution in [0.5, 0.6) is 5.75 Å². The van der Waals surface area contributed by atoms with Crippen LogP contribution in [-0.4, -0.2) is 32.9 Å². The molecule has 0 N–H and O–H groups in total. The van der Waals surface area contributed by atoms with Crippen molar-refractivity contribution in [1.29, 1.82) is 0 Å². The number of rotatable bonds is 5. The van der Waals surface area contributed by atoms with Crippen molar-refractivity contribution in [2.45, 2.75) is 24.3 Å². The van der Waals surface area contributed by atoms with E-state index in [9.17, 15) is 4.79 Å². The average Bonchev–Trinajstić information content (AvgIpc) is 2.80. The van der Waals surface area contributed by atoms with E-state index in [1.807, 2.05) is 42.8 Å². The van der Waals surface area contributed by atoms with E-state index in [-0.39, 0.29) is 11.0 Å². The number of ether oxygens (including phenoxy) is 1. The van der Waals surface area contributed by atoms with E-state index in [0.717, 1.165) is 22.3 Å². The third-order valence-electron chi connectivity index (χ3n) is 3.04. The Hall–Kier alpha value is -1.82. The summed E-state index contributed by atoms with van der Waals surface area (Å²) in [4.78, 5) is 11.3. The molecule has 0 fully saturated rings. The van der Waals surface area contributed by atoms with Crippen molar-refractivity contribution in [3.05, 3.63) is 24.3 Å². The number of nitrogens with zero attached hydrogens (tertiary/aromatic N) is 3. The van der Waals surface area contributed by atoms with Gasteiger partial charge in [0.15, 0.2) is 11.0 Å². The highest BCUT2D eigenvalue weighted by molar-refractivity contribution is 8.00. The van der Waals surface area contributed by atoms with E-state index < -0.39 is 0 Å². The summed E-state index contributed by atoms with van der Waals surface area (Å²) in [7, 11) is 3.53. The average molecular weight is 291 g/mol. The van der Waals surface area contributed by atoms with Gasteiger partial charge in [-0.25, -0.2) is 0 Å². The maximum absolute atomic E-state index is 11.3. The third-order valence-corrected chi connectivity index (χ3v) is 4.29. The Bertz CT molecular complexity index is 607. The maximum atomic E-state index is 11.3. The van der Waals surface area contributed by atoms with Gasteiger partial charge < -0.3 is 9.30 Å². The quantitative estimate of drug-likeness (QED) is 0.792. The minimum absolute atomic E-state index is 0.124. The highest BCUT2D eigenvalue weighted by atomic mass is 32.2. The number of benzene rings is 1. The lowest BCUT2D eigenvalue weighted by Gasteiger charge is -2.07. The number of carbonyl (C=O) groups is 1. The van der Waals surface area contributed by atoms with Crippen LogP contribution in [0.25, 0.3) is 11.4 Å². The molecule has 0 amide bonds. The first-order valence-electron chi connectivity index (χ1n) is 6.24. The van der Waals surface area contributed by atoms with Gasteiger partial charge in [-0.15, -0.1) is 10.2 Å². The first kappa shape index (κ1) is 14.6. The molecule has 0 aliphatic heterocycles. The number of carbonyl (C=O) groups excluding carboxylic acids is 1. The monoisotopic (exact) mass is 291 g/mol. The molecule has 1 heterocycles. The molecule has 2 rings (SSSR count). The molecule has 6 heteroatoms. The molecule has 5 nitrogen and oxygen atoms in total. The van der Waals surface area contributed by atoms with Crippen molar-refractivity contribution in [1.82, 2.24) is 14.8 Å². The molecule has 1 atom stereocenters. The van der Waals surface area contributed by atoms with Crippen LogP contribution < -0.4 is 4.74 Å². The van der Waals surface area contributed by atoms with Crippen LogP contribution in [0.3, 0.4) is 0 Å². The first-order chi connectivity index (χ1) is 9.52. The zero-order valence-corrected chi connectivity index (χ0v) is 12.8. The van der Waals surface area contributed by atoms with Crippen LogP contribution in [0, 0.1) is 0 Å². The molecule has 0 saturated carbocycles. The second-order valence-electron chi connectivity index (χ2n) is 4.46. The number of thioether (sulfide) groups is 1. The number of ketones is 1. The normalized spacial score (nSPS) is 12.2. The van der Waals surface area contributed by atoms with Gasteiger partial charge >= 0.3 is 0 Å². The molecule has 2 aromatic rings. The van der Waals surface area contributed by atoms with Crippen molar-refractivity contribution in [3.63, 3.8) is 0 Å². The van der Waals surface area contributed by atoms with Crippen LogP contribution in [0.4, 0.5) is 0 Å². The van der Waals surface area contributed by atoms with Gasteiger partial charge in [-0.2, -0.15) is 0 Å². The van der Waals surface area contributed by atoms with Gasteiger partial charge in [-0.3, -0.25) is 4.79 Å². The number of hydrogen-bond donors (Lipinski definition) is 0. The highest BCUT2D eigenvalue weighted by Crippen LogP contribution is 2.26. The van der Waals surface area contributed by atoms with Crippen LogP contribution in [0.1, 0.15) is 13.8 Å². The summed E-state index contributed by atoms with van der Waals surface area (Å²) in [5, 5.41) is 8.95. The van der Waals surface area contributed by atoms with Gasteiger partial charge in [0, 0.05) is 12.6 Å². The number of hydrogen-bond acceptors (Lipinski definition) is 5. The van der Waals surface area contributed by atoms with Gasteiger partial charge in [-0.05, 0) is 38.1 Å². The SMILES string of the molecule is COc1ccc(-c2nnc(SC(C)C(C)=O)n2C)cc1. The smallest absolute Gasteiger partial charge is 0.191 e. The Labute approximate surface area is 122 Å². The lowest BCUT2D eigenvalue weighted by molar-refractivity contribution is -0.116. The third kappa shape index (κ3) is 3.01. The van der Waals surface area contributed by atoms with Crippen LogP contribution in [0.2, 0.25) is 0 Å². The van der Waals surface area contributed by atoms with Gasteiger partial charge in [0.25, 0.3) is 0 Å². The van der Waals surface area contributed by atoms with Gasteiger partial charge in [0.2, 0.25) is 0 Å². The standard InChI is InChI=1S/C14H17N3O2S/c1-9(18)10(2)20-14-16-15-13(17(14)3)11-5-7-12(19-4)8-6-11/h5-8,10H,1-4H3. The van der Waals surface area contributed by atoms with E-state index in [0.29, 0.717) is 0 Å². The molecule has 0 saturated heterocycles. The number of Topliss-reactive ketones (excluding diaryl/α,β-unsaturated/α-hetero) is 1. The summed E-state index contributed by atoms with van der Waals surface area (Å²) in [6.45, 7) is 3.45. The fourth-order valence-electron chi connectivity index (χ4n) is 1.65. The van der Waals surface area contributed by atoms with E-state index in [2.05, 4.69) is 10.2 Å². The van der Waals surface area contributed by atoms with Crippen molar-refractivity contribution in [2.75, 3.05) is 7.11 Å². The summed E-state index contributed by atoms with van der Waals surface area (Å²) < 4.78 is 7.03. The van der Waals surface area contributed by atoms with Crippen molar-refractivity contribution < 1.29 is 9.53 Å². The molecule has 20 heavy (non-hydrogen) atoms. The topological polar surface area (TPSA) is 57.0 Å². The fourth-order valence-corrected chi connectivity index (χ4v) is 2.46. The Kier molecular flexibility index (Phi) is 4.44. The Morgan fingerprint density at radius 1 is 1.30 bits per heavy atom. The second-order valence-corrected chi connectivity index (χ2v) is 5.77. The van der Waals surface area contributed by atoms with Crippen LogP contribution in [0.15, 0.2) is 29.4 Å². The lowest BCUT2D eigenvalue weighted by Crippen LogP contribution is -2.09. The summed E-state index contributed by atoms with van der Waals surface area (Å²) in [5.41, 5.74) is 0.961. The Morgan fingerprint density at radius 3 is 2.50 bits per heavy atom. The van der Waals surface area contributed by atoms with E-state index in [4.69, 9.17) is 4.74 Å². The molecule has 0 aliphatic carbocycles. The van der Waals surface area contributed by atoms with Gasteiger partial charge in [-0.1, -0.05) is 11.8 Å². The summed E-state index contributed by atoms with van der Waals surface area (Å²) in [5.74, 6) is 1.70. The van der Waals surface area contributed by atoms with Crippen LogP contribution >= 0.6 is 11.8 Å². The number of methoxy groups -OCH3 is 1. The van der Waals surface area contributed by atoms with Crippen molar-refractivity contribution >= 4 is 17.5 Å². The molecular formula is C14H17N3O2S. The van der Waals surface area contributed by atoms with Gasteiger partial charge in [0.1, 0.15) is 11.5 Å². The molecule has 0 spiro atoms. The van der Waals surface area contributed by atoms with E-state index in [1.165, 1.54) is 11.8 Å². The molecule has 0 bridgehead atoms. The molecule has 0 aliphatic rings. The summed E-state index contributed by atoms with van der Waals surface area (Å²) >= 11 is 1.42. The van der Waals surface area contributed by atoms with Crippen LogP contribution in [-0.2, 0) is 11.8 Å². The van der Waals surface area contributed by atoms with Crippen molar-refractivity contribution in [2.24, 2.45) is 7.05 Å². The second kappa shape index (κ2) is 6.09. The van der Waals surface area contributed by atoms with E-state index >= 15 is 0 Å². The summed E-state index contributed by atoms with van der Waals surface area (Å²) in [6, 6.07) is 7.64. The number of aromatic nitrogens is 3. The maximum Gasteiger partial charge on any atom is 0.191 e. The Balaban J connectivity index is 2.25. The molecule has 1 aromatic carbocycles. The molecule has 0 radical (unpaired) electrons. The van der Waals surface area contributed by atoms with Gasteiger partial charge in [0.05, 0.1) is 12.4 Å². The highest BCUT2D eigenvalue weighted by Gasteiger charge is 2.16. The molecule has 1 aromatic heterocycles. The van der Waals surface area contributed by atoms with Crippen molar-refractivity contribution in [3.8, 4) is 17.1 Å². The summed E-state index contributed by atoms with van der Waals surface area (Å²) in [6.07, 6.45) is 0. The zero-order valence-electron chi connectivity index (χ0n) is 12.0. The molecular weight excluding hydrogens is 274 g/mol. The largest absolute Gasteiger partial charge is 0.497 e. The predicted octanol–water partition coefficient (Wildman–Crippen LogP) is 2.56. The fraction of sp³-hybridized carbons (Fsp3) is 0.357. The molecule has 106 valence electrons. The minimum Gasteiger partial charge on any atom is -0.497 e. The predicted molar refractivity (Wildman–Crippen MR) is 79.0 cm³/mol. The first-order valence-corrected chi connectivity index (χ1v) is 7.12. The minimum atomic E-state index is -0.124.